The van der Waals surface area contributed by atoms with E-state index in [1.807, 2.05) is 19.1 Å². The molecule has 4 aromatic rings. The summed E-state index contributed by atoms with van der Waals surface area (Å²) >= 11 is 6.47. The smallest absolute Gasteiger partial charge is 0.245 e. The van der Waals surface area contributed by atoms with E-state index in [1.165, 1.54) is 23.1 Å². The Morgan fingerprint density at radius 2 is 1.93 bits per heavy atom. The van der Waals surface area contributed by atoms with Crippen molar-refractivity contribution in [2.75, 3.05) is 33.8 Å². The zero-order valence-electron chi connectivity index (χ0n) is 22.5. The fourth-order valence-corrected chi connectivity index (χ4v) is 4.50. The minimum Gasteiger partial charge on any atom is -0.476 e. The van der Waals surface area contributed by atoms with Crippen molar-refractivity contribution in [3.05, 3.63) is 100 Å². The number of halogens is 3. The topological polar surface area (TPSA) is 83.1 Å². The predicted octanol–water partition coefficient (Wildman–Crippen LogP) is 5.87. The lowest BCUT2D eigenvalue weighted by Gasteiger charge is -2.17. The molecule has 0 saturated heterocycles. The van der Waals surface area contributed by atoms with Crippen molar-refractivity contribution in [2.45, 2.75) is 13.3 Å². The molecule has 7 nitrogen and oxygen atoms in total. The van der Waals surface area contributed by atoms with Gasteiger partial charge in [0.05, 0.1) is 15.9 Å². The van der Waals surface area contributed by atoms with Crippen LogP contribution in [0.3, 0.4) is 0 Å². The van der Waals surface area contributed by atoms with Crippen LogP contribution in [-0.4, -0.2) is 59.8 Å². The van der Waals surface area contributed by atoms with Gasteiger partial charge in [-0.15, -0.1) is 0 Å². The molecule has 2 N–H and O–H groups in total. The second kappa shape index (κ2) is 13.3. The summed E-state index contributed by atoms with van der Waals surface area (Å²) in [5, 5.41) is 10.2. The van der Waals surface area contributed by atoms with Gasteiger partial charge in [-0.05, 0) is 59.0 Å². The van der Waals surface area contributed by atoms with Crippen molar-refractivity contribution in [1.29, 1.82) is 0 Å². The molecular weight excluding hydrogens is 536 g/mol. The first-order valence-electron chi connectivity index (χ1n) is 12.8. The number of amides is 1. The van der Waals surface area contributed by atoms with Crippen LogP contribution >= 0.6 is 11.6 Å². The molecule has 0 fully saturated rings. The molecule has 0 bridgehead atoms. The first-order valence-corrected chi connectivity index (χ1v) is 13.2. The van der Waals surface area contributed by atoms with Crippen molar-refractivity contribution in [2.24, 2.45) is 0 Å². The number of hydrogen-bond donors (Lipinski definition) is 2. The molecule has 0 saturated carbocycles. The lowest BCUT2D eigenvalue weighted by atomic mass is 9.88. The van der Waals surface area contributed by atoms with Crippen LogP contribution < -0.4 is 10.1 Å². The Labute approximate surface area is 236 Å². The molecule has 1 amide bonds. The van der Waals surface area contributed by atoms with E-state index in [1.54, 1.807) is 50.6 Å². The summed E-state index contributed by atoms with van der Waals surface area (Å²) in [6.45, 7) is 3.47. The highest BCUT2D eigenvalue weighted by Gasteiger charge is 2.18. The maximum absolute atomic E-state index is 14.4. The molecule has 0 atom stereocenters. The van der Waals surface area contributed by atoms with Gasteiger partial charge in [0.15, 0.2) is 0 Å². The molecule has 0 aliphatic heterocycles. The molecule has 10 heteroatoms. The summed E-state index contributed by atoms with van der Waals surface area (Å²) in [6, 6.07) is 13.3. The van der Waals surface area contributed by atoms with Gasteiger partial charge >= 0.3 is 0 Å². The first kappa shape index (κ1) is 28.9. The molecule has 0 aliphatic rings. The SMILES string of the molecule is CCC(=C(c1ccc(OCCNCC=CC(=O)N(C)C)nc1)c1ccc2n[nH]c(F)c2c1)c1ccc(F)cc1Cl. The van der Waals surface area contributed by atoms with Gasteiger partial charge in [-0.3, -0.25) is 9.89 Å². The molecule has 0 unspecified atom stereocenters. The number of hydrogen-bond acceptors (Lipinski definition) is 5. The normalized spacial score (nSPS) is 12.2. The number of aromatic amines is 1. The van der Waals surface area contributed by atoms with E-state index in [2.05, 4.69) is 20.5 Å². The van der Waals surface area contributed by atoms with E-state index in [-0.39, 0.29) is 10.9 Å². The number of allylic oxidation sites excluding steroid dienone is 1. The highest BCUT2D eigenvalue weighted by atomic mass is 35.5. The number of fused-ring (bicyclic) bond motifs is 1. The summed E-state index contributed by atoms with van der Waals surface area (Å²) < 4.78 is 34.0. The van der Waals surface area contributed by atoms with Crippen molar-refractivity contribution in [1.82, 2.24) is 25.4 Å². The summed E-state index contributed by atoms with van der Waals surface area (Å²) in [6.07, 6.45) is 5.54. The number of carbonyl (C=O) groups excluding carboxylic acids is 1. The van der Waals surface area contributed by atoms with Gasteiger partial charge in [-0.25, -0.2) is 9.37 Å². The number of rotatable bonds is 11. The van der Waals surface area contributed by atoms with Gasteiger partial charge in [-0.2, -0.15) is 9.49 Å². The number of nitrogens with one attached hydrogen (secondary N) is 2. The van der Waals surface area contributed by atoms with Crippen molar-refractivity contribution in [3.63, 3.8) is 0 Å². The second-order valence-electron chi connectivity index (χ2n) is 9.17. The number of nitrogens with zero attached hydrogens (tertiary/aromatic N) is 3. The minimum atomic E-state index is -0.524. The highest BCUT2D eigenvalue weighted by molar-refractivity contribution is 6.32. The van der Waals surface area contributed by atoms with Gasteiger partial charge in [0.25, 0.3) is 0 Å². The van der Waals surface area contributed by atoms with Crippen LogP contribution in [0, 0.1) is 11.8 Å². The van der Waals surface area contributed by atoms with E-state index in [9.17, 15) is 13.6 Å². The molecule has 208 valence electrons. The average molecular weight is 566 g/mol. The number of pyridine rings is 1. The van der Waals surface area contributed by atoms with Gasteiger partial charge in [0.1, 0.15) is 12.4 Å². The van der Waals surface area contributed by atoms with Crippen LogP contribution in [-0.2, 0) is 4.79 Å². The van der Waals surface area contributed by atoms with Gasteiger partial charge in [-0.1, -0.05) is 36.7 Å². The quantitative estimate of drug-likeness (QED) is 0.135. The summed E-state index contributed by atoms with van der Waals surface area (Å²) in [5.41, 5.74) is 4.34. The molecule has 2 aromatic carbocycles. The molecule has 2 aromatic heterocycles. The van der Waals surface area contributed by atoms with E-state index in [4.69, 9.17) is 16.3 Å². The van der Waals surface area contributed by atoms with Crippen LogP contribution in [0.5, 0.6) is 5.88 Å². The standard InChI is InChI=1S/C30H30ClF2N5O2/c1-4-22(23-10-9-21(32)17-25(23)31)29(19-7-11-26-24(16-19)30(33)37-36-26)20-8-12-27(35-18-20)40-15-14-34-13-5-6-28(39)38(2)3/h5-12,16-18,34H,4,13-15H2,1-3H3,(H,36,37). The molecule has 0 aliphatic carbocycles. The zero-order valence-corrected chi connectivity index (χ0v) is 23.2. The molecular formula is C30H30ClF2N5O2. The second-order valence-corrected chi connectivity index (χ2v) is 9.58. The summed E-state index contributed by atoms with van der Waals surface area (Å²) in [4.78, 5) is 17.5. The van der Waals surface area contributed by atoms with Crippen LogP contribution in [0.2, 0.25) is 5.02 Å². The Morgan fingerprint density at radius 3 is 2.62 bits per heavy atom. The monoisotopic (exact) mass is 565 g/mol. The predicted molar refractivity (Wildman–Crippen MR) is 154 cm³/mol. The van der Waals surface area contributed by atoms with Crippen LogP contribution in [0.25, 0.3) is 22.0 Å². The summed E-state index contributed by atoms with van der Waals surface area (Å²) in [5.74, 6) is -0.580. The maximum Gasteiger partial charge on any atom is 0.245 e. The third-order valence-electron chi connectivity index (χ3n) is 6.22. The van der Waals surface area contributed by atoms with Crippen LogP contribution in [0.1, 0.15) is 30.0 Å². The molecule has 40 heavy (non-hydrogen) atoms. The first-order chi connectivity index (χ1) is 19.3. The largest absolute Gasteiger partial charge is 0.476 e. The molecule has 2 heterocycles. The van der Waals surface area contributed by atoms with E-state index in [0.717, 1.165) is 22.3 Å². The molecule has 0 spiro atoms. The van der Waals surface area contributed by atoms with Crippen LogP contribution in [0.4, 0.5) is 8.78 Å². The maximum atomic E-state index is 14.4. The fourth-order valence-electron chi connectivity index (χ4n) is 4.22. The number of carbonyl (C=O) groups is 1. The Hall–Kier alpha value is -4.08. The fraction of sp³-hybridized carbons (Fsp3) is 0.233. The van der Waals surface area contributed by atoms with E-state index in [0.29, 0.717) is 48.5 Å². The number of aromatic nitrogens is 3. The highest BCUT2D eigenvalue weighted by Crippen LogP contribution is 2.38. The van der Waals surface area contributed by atoms with Crippen molar-refractivity contribution < 1.29 is 18.3 Å². The van der Waals surface area contributed by atoms with E-state index >= 15 is 0 Å². The van der Waals surface area contributed by atoms with Crippen molar-refractivity contribution >= 4 is 39.6 Å². The molecule has 4 rings (SSSR count). The average Bonchev–Trinajstić information content (AvgIpc) is 3.31. The Kier molecular flexibility index (Phi) is 9.63. The number of likely N-dealkylation sites (N-methyl/N-ethyl adjacent to an activating group) is 1. The number of benzene rings is 2. The van der Waals surface area contributed by atoms with Crippen LogP contribution in [0.15, 0.2) is 66.9 Å². The summed E-state index contributed by atoms with van der Waals surface area (Å²) in [7, 11) is 3.40. The third kappa shape index (κ3) is 6.91. The Morgan fingerprint density at radius 1 is 1.12 bits per heavy atom. The van der Waals surface area contributed by atoms with Gasteiger partial charge in [0, 0.05) is 51.1 Å². The molecule has 0 radical (unpaired) electrons. The lowest BCUT2D eigenvalue weighted by molar-refractivity contribution is -0.123. The third-order valence-corrected chi connectivity index (χ3v) is 6.54. The minimum absolute atomic E-state index is 0.0708. The zero-order chi connectivity index (χ0) is 28.6. The Balaban J connectivity index is 1.58. The van der Waals surface area contributed by atoms with Gasteiger partial charge in [0.2, 0.25) is 17.7 Å². The number of ether oxygens (including phenoxy) is 1. The number of H-pyrrole nitrogens is 1. The Bertz CT molecular complexity index is 1550. The van der Waals surface area contributed by atoms with Gasteiger partial charge < -0.3 is 15.0 Å². The lowest BCUT2D eigenvalue weighted by Crippen LogP contribution is -2.22. The van der Waals surface area contributed by atoms with Crippen molar-refractivity contribution in [3.8, 4) is 5.88 Å². The van der Waals surface area contributed by atoms with E-state index < -0.39 is 11.8 Å².